The molecule has 0 aromatic carbocycles. The third-order valence-electron chi connectivity index (χ3n) is 15.0. The SMILES string of the molecule is CCC(C(=O)[C@@H](C)[C@@H](O)[C@H](C)[C@@H]1O[C@@H]([C@@H](CC)C(=O)O)CC[C@@H]1C)[C@H]1O[C@]2(C=C[C@@H](NC(=O)C(N)=O)[C@]3(CC[C@@](C)([C@H]4CC[C@](O)(CC)[C@H](C)O4)O3)O2)[C@H](C)C[C@@H]1C. The van der Waals surface area contributed by atoms with E-state index in [2.05, 4.69) is 12.2 Å². The fourth-order valence-corrected chi connectivity index (χ4v) is 10.9. The Hall–Kier alpha value is -2.46. The van der Waals surface area contributed by atoms with Crippen molar-refractivity contribution in [2.24, 2.45) is 47.2 Å². The van der Waals surface area contributed by atoms with Gasteiger partial charge in [-0.25, -0.2) is 0 Å². The summed E-state index contributed by atoms with van der Waals surface area (Å²) in [4.78, 5) is 51.3. The number of nitrogens with one attached hydrogen (secondary N) is 1. The molecule has 5 heterocycles. The normalized spacial score (nSPS) is 43.0. The molecule has 330 valence electrons. The molecule has 14 heteroatoms. The lowest BCUT2D eigenvalue weighted by atomic mass is 9.72. The predicted molar refractivity (Wildman–Crippen MR) is 214 cm³/mol. The zero-order valence-electron chi connectivity index (χ0n) is 36.4. The van der Waals surface area contributed by atoms with Gasteiger partial charge in [0.25, 0.3) is 0 Å². The minimum Gasteiger partial charge on any atom is -0.481 e. The quantitative estimate of drug-likeness (QED) is 0.125. The van der Waals surface area contributed by atoms with E-state index >= 15 is 0 Å². The van der Waals surface area contributed by atoms with E-state index in [0.717, 1.165) is 6.42 Å². The molecule has 0 saturated carbocycles. The Balaban J connectivity index is 1.39. The van der Waals surface area contributed by atoms with E-state index in [1.165, 1.54) is 0 Å². The number of ether oxygens (including phenoxy) is 5. The van der Waals surface area contributed by atoms with Crippen LogP contribution in [0.2, 0.25) is 0 Å². The Morgan fingerprint density at radius 1 is 0.897 bits per heavy atom. The molecule has 18 atom stereocenters. The maximum atomic E-state index is 14.6. The highest BCUT2D eigenvalue weighted by molar-refractivity contribution is 6.34. The maximum Gasteiger partial charge on any atom is 0.309 e. The van der Waals surface area contributed by atoms with Gasteiger partial charge in [-0.1, -0.05) is 61.5 Å². The lowest BCUT2D eigenvalue weighted by Crippen LogP contribution is -2.66. The van der Waals surface area contributed by atoms with Gasteiger partial charge in [-0.05, 0) is 89.5 Å². The van der Waals surface area contributed by atoms with Crippen LogP contribution in [-0.2, 0) is 42.9 Å². The van der Waals surface area contributed by atoms with Crippen molar-refractivity contribution < 1.29 is 58.2 Å². The number of rotatable bonds is 13. The number of Topliss-reactive ketones (excluding diaryl/α,β-unsaturated/α-hetero) is 1. The average molecular weight is 821 g/mol. The van der Waals surface area contributed by atoms with Crippen LogP contribution in [0.5, 0.6) is 0 Å². The van der Waals surface area contributed by atoms with Crippen LogP contribution in [0.15, 0.2) is 12.2 Å². The Bertz CT molecular complexity index is 1540. The summed E-state index contributed by atoms with van der Waals surface area (Å²) in [6.07, 6.45) is 5.49. The third kappa shape index (κ3) is 8.81. The molecule has 0 aromatic heterocycles. The number of amides is 2. The van der Waals surface area contributed by atoms with E-state index in [1.807, 2.05) is 55.4 Å². The summed E-state index contributed by atoms with van der Waals surface area (Å²) in [5.41, 5.74) is 3.55. The molecule has 58 heavy (non-hydrogen) atoms. The number of carboxylic acids is 1. The first-order chi connectivity index (χ1) is 27.1. The summed E-state index contributed by atoms with van der Waals surface area (Å²) in [7, 11) is 0. The number of carbonyl (C=O) groups excluding carboxylic acids is 3. The molecule has 4 fully saturated rings. The number of aliphatic carboxylic acids is 1. The number of aliphatic hydroxyl groups excluding tert-OH is 1. The van der Waals surface area contributed by atoms with Gasteiger partial charge in [-0.15, -0.1) is 0 Å². The first kappa shape index (κ1) is 46.6. The fraction of sp³-hybridized carbons (Fsp3) is 0.864. The van der Waals surface area contributed by atoms with Crippen molar-refractivity contribution >= 4 is 23.6 Å². The zero-order valence-corrected chi connectivity index (χ0v) is 36.4. The highest BCUT2D eigenvalue weighted by Gasteiger charge is 2.63. The van der Waals surface area contributed by atoms with Crippen LogP contribution in [0.4, 0.5) is 0 Å². The van der Waals surface area contributed by atoms with Gasteiger partial charge in [0.1, 0.15) is 11.8 Å². The maximum absolute atomic E-state index is 14.6. The summed E-state index contributed by atoms with van der Waals surface area (Å²) < 4.78 is 33.9. The van der Waals surface area contributed by atoms with Gasteiger partial charge in [-0.3, -0.25) is 19.2 Å². The molecule has 5 aliphatic rings. The number of carboxylic acid groups (broad SMARTS) is 1. The fourth-order valence-electron chi connectivity index (χ4n) is 10.9. The molecule has 0 radical (unpaired) electrons. The molecule has 2 spiro atoms. The predicted octanol–water partition coefficient (Wildman–Crippen LogP) is 4.80. The molecule has 0 bridgehead atoms. The molecular formula is C44H72N2O12. The van der Waals surface area contributed by atoms with Crippen molar-refractivity contribution in [2.75, 3.05) is 0 Å². The van der Waals surface area contributed by atoms with Gasteiger partial charge in [0, 0.05) is 30.1 Å². The molecule has 0 aliphatic carbocycles. The van der Waals surface area contributed by atoms with Crippen LogP contribution >= 0.6 is 0 Å². The summed E-state index contributed by atoms with van der Waals surface area (Å²) >= 11 is 0. The van der Waals surface area contributed by atoms with Crippen LogP contribution in [0.1, 0.15) is 133 Å². The third-order valence-corrected chi connectivity index (χ3v) is 15.0. The second kappa shape index (κ2) is 17.9. The van der Waals surface area contributed by atoms with Crippen molar-refractivity contribution in [3.63, 3.8) is 0 Å². The average Bonchev–Trinajstić information content (AvgIpc) is 3.52. The standard InChI is InChI=1S/C44H72N2O12/c1-11-29(40(51)52)31-15-14-23(4)36(55-31)27(8)34(47)26(7)35(48)30(12-2)37-24(5)22-25(6)43(56-37)19-16-32(46-39(50)38(45)49)44(58-43)21-20-41(10,57-44)33-17-18-42(53,13-3)28(9)54-33/h16,19,23-34,36-37,47,53H,11-15,17-18,20-22H2,1-10H3,(H2,45,49)(H,46,50)(H,51,52)/t23-,24-,25+,26-,27-,28-,29+,30?,31+,32+,33+,34+,36+,37-,41-,42+,43-,44-/m0/s1. The first-order valence-electron chi connectivity index (χ1n) is 22.0. The van der Waals surface area contributed by atoms with E-state index in [1.54, 1.807) is 19.1 Å². The zero-order chi connectivity index (χ0) is 43.1. The highest BCUT2D eigenvalue weighted by Crippen LogP contribution is 2.54. The van der Waals surface area contributed by atoms with Gasteiger partial charge >= 0.3 is 17.8 Å². The summed E-state index contributed by atoms with van der Waals surface area (Å²) in [6, 6.07) is -0.908. The molecule has 14 nitrogen and oxygen atoms in total. The topological polar surface area (TPSA) is 213 Å². The van der Waals surface area contributed by atoms with Crippen molar-refractivity contribution in [3.05, 3.63) is 12.2 Å². The number of aliphatic hydroxyl groups is 2. The Kier molecular flexibility index (Phi) is 14.4. The number of ketones is 1. The van der Waals surface area contributed by atoms with E-state index in [4.69, 9.17) is 29.4 Å². The Morgan fingerprint density at radius 2 is 1.57 bits per heavy atom. The van der Waals surface area contributed by atoms with Crippen molar-refractivity contribution in [2.45, 2.75) is 199 Å². The molecule has 0 aromatic rings. The number of nitrogens with two attached hydrogens (primary N) is 1. The summed E-state index contributed by atoms with van der Waals surface area (Å²) in [5, 5.41) is 35.4. The van der Waals surface area contributed by atoms with Crippen LogP contribution in [0, 0.1) is 41.4 Å². The van der Waals surface area contributed by atoms with Gasteiger partial charge in [0.15, 0.2) is 11.6 Å². The molecule has 1 unspecified atom stereocenters. The van der Waals surface area contributed by atoms with E-state index < -0.39 is 101 Å². The number of hydrogen-bond acceptors (Lipinski definition) is 11. The monoisotopic (exact) mass is 821 g/mol. The van der Waals surface area contributed by atoms with Crippen molar-refractivity contribution in [1.82, 2.24) is 5.32 Å². The molecule has 6 N–H and O–H groups in total. The van der Waals surface area contributed by atoms with Crippen molar-refractivity contribution in [1.29, 1.82) is 0 Å². The minimum absolute atomic E-state index is 0.0646. The molecule has 5 rings (SSSR count). The lowest BCUT2D eigenvalue weighted by molar-refractivity contribution is -0.398. The molecule has 2 amide bonds. The summed E-state index contributed by atoms with van der Waals surface area (Å²) in [5.74, 6) is -8.67. The van der Waals surface area contributed by atoms with Crippen LogP contribution in [0.25, 0.3) is 0 Å². The highest BCUT2D eigenvalue weighted by atomic mass is 16.8. The van der Waals surface area contributed by atoms with E-state index in [-0.39, 0.29) is 29.6 Å². The van der Waals surface area contributed by atoms with Crippen LogP contribution in [0.3, 0.4) is 0 Å². The van der Waals surface area contributed by atoms with Gasteiger partial charge in [-0.2, -0.15) is 0 Å². The van der Waals surface area contributed by atoms with Gasteiger partial charge < -0.3 is 50.1 Å². The number of carbonyl (C=O) groups is 4. The molecular weight excluding hydrogens is 748 g/mol. The van der Waals surface area contributed by atoms with E-state index in [0.29, 0.717) is 57.8 Å². The minimum atomic E-state index is -1.49. The second-order valence-electron chi connectivity index (χ2n) is 18.8. The van der Waals surface area contributed by atoms with Gasteiger partial charge in [0.2, 0.25) is 0 Å². The first-order valence-corrected chi connectivity index (χ1v) is 22.0. The molecule has 5 aliphatic heterocycles. The smallest absolute Gasteiger partial charge is 0.309 e. The van der Waals surface area contributed by atoms with Crippen molar-refractivity contribution in [3.8, 4) is 0 Å². The lowest BCUT2D eigenvalue weighted by Gasteiger charge is -2.55. The Labute approximate surface area is 344 Å². The second-order valence-corrected chi connectivity index (χ2v) is 18.8. The summed E-state index contributed by atoms with van der Waals surface area (Å²) in [6.45, 7) is 19.3. The number of primary amides is 1. The van der Waals surface area contributed by atoms with Gasteiger partial charge in [0.05, 0.1) is 53.7 Å². The molecule has 4 saturated heterocycles. The van der Waals surface area contributed by atoms with E-state index in [9.17, 15) is 34.5 Å². The Morgan fingerprint density at radius 3 is 2.16 bits per heavy atom. The number of hydrogen-bond donors (Lipinski definition) is 5. The largest absolute Gasteiger partial charge is 0.481 e. The van der Waals surface area contributed by atoms with Crippen LogP contribution < -0.4 is 11.1 Å². The van der Waals surface area contributed by atoms with Crippen LogP contribution in [-0.4, -0.2) is 104 Å².